The highest BCUT2D eigenvalue weighted by Gasteiger charge is 2.18. The van der Waals surface area contributed by atoms with E-state index < -0.39 is 0 Å². The van der Waals surface area contributed by atoms with E-state index in [0.29, 0.717) is 0 Å². The molecule has 1 fully saturated rings. The van der Waals surface area contributed by atoms with Crippen LogP contribution in [-0.2, 0) is 0 Å². The zero-order valence-electron chi connectivity index (χ0n) is 13.2. The molecular weight excluding hydrogens is 272 g/mol. The lowest BCUT2D eigenvalue weighted by molar-refractivity contribution is 0.413. The normalized spacial score (nSPS) is 15.2. The van der Waals surface area contributed by atoms with Crippen molar-refractivity contribution < 1.29 is 4.74 Å². The number of ether oxygens (including phenoxy) is 1. The van der Waals surface area contributed by atoms with E-state index in [1.54, 1.807) is 7.11 Å². The molecule has 2 aromatic carbocycles. The number of benzene rings is 2. The molecule has 0 radical (unpaired) electrons. The summed E-state index contributed by atoms with van der Waals surface area (Å²) in [6.45, 7) is 4.19. The Morgan fingerprint density at radius 1 is 1.00 bits per heavy atom. The van der Waals surface area contributed by atoms with Crippen LogP contribution in [0.2, 0.25) is 0 Å². The number of amidine groups is 1. The van der Waals surface area contributed by atoms with E-state index in [-0.39, 0.29) is 0 Å². The molecule has 0 saturated carbocycles. The molecule has 3 rings (SSSR count). The van der Waals surface area contributed by atoms with E-state index in [0.717, 1.165) is 41.5 Å². The summed E-state index contributed by atoms with van der Waals surface area (Å²) >= 11 is 0. The molecule has 0 amide bonds. The average Bonchev–Trinajstić information content (AvgIpc) is 3.07. The molecule has 1 aliphatic heterocycles. The summed E-state index contributed by atoms with van der Waals surface area (Å²) in [6, 6.07) is 16.5. The maximum atomic E-state index is 5.55. The Balaban J connectivity index is 2.07. The Labute approximate surface area is 132 Å². The van der Waals surface area contributed by atoms with Gasteiger partial charge < -0.3 is 9.64 Å². The predicted molar refractivity (Wildman–Crippen MR) is 91.2 cm³/mol. The van der Waals surface area contributed by atoms with Crippen LogP contribution < -0.4 is 4.74 Å². The van der Waals surface area contributed by atoms with Crippen LogP contribution in [0.1, 0.15) is 24.0 Å². The summed E-state index contributed by atoms with van der Waals surface area (Å²) in [7, 11) is 1.71. The van der Waals surface area contributed by atoms with E-state index in [4.69, 9.17) is 9.73 Å². The fourth-order valence-corrected chi connectivity index (χ4v) is 2.94. The lowest BCUT2D eigenvalue weighted by atomic mass is 10.1. The van der Waals surface area contributed by atoms with E-state index in [9.17, 15) is 0 Å². The first-order valence-electron chi connectivity index (χ1n) is 7.82. The number of aryl methyl sites for hydroxylation is 1. The molecule has 22 heavy (non-hydrogen) atoms. The molecule has 1 saturated heterocycles. The summed E-state index contributed by atoms with van der Waals surface area (Å²) < 4.78 is 5.55. The Kier molecular flexibility index (Phi) is 4.42. The number of hydrogen-bond donors (Lipinski definition) is 0. The third-order valence-corrected chi connectivity index (χ3v) is 4.06. The summed E-state index contributed by atoms with van der Waals surface area (Å²) in [4.78, 5) is 7.33. The van der Waals surface area contributed by atoms with Crippen LogP contribution in [0.5, 0.6) is 5.75 Å². The van der Waals surface area contributed by atoms with Gasteiger partial charge in [-0.15, -0.1) is 0 Å². The number of rotatable bonds is 3. The van der Waals surface area contributed by atoms with Gasteiger partial charge in [0.05, 0.1) is 7.11 Å². The molecule has 1 heterocycles. The monoisotopic (exact) mass is 294 g/mol. The third kappa shape index (κ3) is 2.98. The van der Waals surface area contributed by atoms with Gasteiger partial charge in [-0.25, -0.2) is 4.99 Å². The van der Waals surface area contributed by atoms with Crippen LogP contribution in [0, 0.1) is 6.92 Å². The SMILES string of the molecule is COc1c(C)cccc1N=C(c1ccccc1)N1CCCC1. The maximum Gasteiger partial charge on any atom is 0.147 e. The zero-order chi connectivity index (χ0) is 15.4. The minimum Gasteiger partial charge on any atom is -0.494 e. The van der Waals surface area contributed by atoms with Crippen LogP contribution >= 0.6 is 0 Å². The first-order chi connectivity index (χ1) is 10.8. The smallest absolute Gasteiger partial charge is 0.147 e. The largest absolute Gasteiger partial charge is 0.494 e. The number of nitrogens with zero attached hydrogens (tertiary/aromatic N) is 2. The van der Waals surface area contributed by atoms with Crippen LogP contribution in [0.4, 0.5) is 5.69 Å². The molecule has 0 N–H and O–H groups in total. The topological polar surface area (TPSA) is 24.8 Å². The van der Waals surface area contributed by atoms with Crippen LogP contribution in [0.15, 0.2) is 53.5 Å². The maximum absolute atomic E-state index is 5.55. The van der Waals surface area contributed by atoms with Gasteiger partial charge in [-0.3, -0.25) is 0 Å². The van der Waals surface area contributed by atoms with E-state index in [2.05, 4.69) is 42.2 Å². The Bertz CT molecular complexity index is 658. The van der Waals surface area contributed by atoms with E-state index in [1.807, 2.05) is 18.2 Å². The van der Waals surface area contributed by atoms with Crippen LogP contribution in [0.3, 0.4) is 0 Å². The highest BCUT2D eigenvalue weighted by atomic mass is 16.5. The molecule has 3 heteroatoms. The van der Waals surface area contributed by atoms with Crippen molar-refractivity contribution in [3.63, 3.8) is 0 Å². The highest BCUT2D eigenvalue weighted by molar-refractivity contribution is 6.00. The van der Waals surface area contributed by atoms with Gasteiger partial charge in [0.2, 0.25) is 0 Å². The number of aliphatic imine (C=N–C) groups is 1. The standard InChI is InChI=1S/C19H22N2O/c1-15-9-8-12-17(18(15)22-2)20-19(21-13-6-7-14-21)16-10-4-3-5-11-16/h3-5,8-12H,6-7,13-14H2,1-2H3. The number of hydrogen-bond acceptors (Lipinski definition) is 2. The second-order valence-corrected chi connectivity index (χ2v) is 5.62. The van der Waals surface area contributed by atoms with Crippen molar-refractivity contribution in [1.82, 2.24) is 4.90 Å². The minimum atomic E-state index is 0.857. The Morgan fingerprint density at radius 3 is 2.41 bits per heavy atom. The van der Waals surface area contributed by atoms with Crippen molar-refractivity contribution in [3.05, 3.63) is 59.7 Å². The van der Waals surface area contributed by atoms with Crippen molar-refractivity contribution >= 4 is 11.5 Å². The predicted octanol–water partition coefficient (Wildman–Crippen LogP) is 4.18. The lowest BCUT2D eigenvalue weighted by Crippen LogP contribution is -2.28. The molecular formula is C19H22N2O. The van der Waals surface area contributed by atoms with Crippen molar-refractivity contribution in [3.8, 4) is 5.75 Å². The zero-order valence-corrected chi connectivity index (χ0v) is 13.2. The quantitative estimate of drug-likeness (QED) is 0.626. The molecule has 0 spiro atoms. The first kappa shape index (κ1) is 14.6. The van der Waals surface area contributed by atoms with Crippen molar-refractivity contribution in [1.29, 1.82) is 0 Å². The number of methoxy groups -OCH3 is 1. The number of para-hydroxylation sites is 1. The fraction of sp³-hybridized carbons (Fsp3) is 0.316. The fourth-order valence-electron chi connectivity index (χ4n) is 2.94. The summed E-state index contributed by atoms with van der Waals surface area (Å²) in [5.74, 6) is 1.90. The lowest BCUT2D eigenvalue weighted by Gasteiger charge is -2.21. The Morgan fingerprint density at radius 2 is 1.73 bits per heavy atom. The molecule has 0 bridgehead atoms. The minimum absolute atomic E-state index is 0.857. The third-order valence-electron chi connectivity index (χ3n) is 4.06. The number of likely N-dealkylation sites (tertiary alicyclic amines) is 1. The molecule has 1 aliphatic rings. The van der Waals surface area contributed by atoms with Gasteiger partial charge in [-0.2, -0.15) is 0 Å². The molecule has 0 aliphatic carbocycles. The summed E-state index contributed by atoms with van der Waals surface area (Å²) in [5.41, 5.74) is 3.17. The van der Waals surface area contributed by atoms with Gasteiger partial charge >= 0.3 is 0 Å². The molecule has 0 atom stereocenters. The van der Waals surface area contributed by atoms with Crippen molar-refractivity contribution in [2.45, 2.75) is 19.8 Å². The second-order valence-electron chi connectivity index (χ2n) is 5.62. The van der Waals surface area contributed by atoms with Gasteiger partial charge in [0.1, 0.15) is 17.3 Å². The van der Waals surface area contributed by atoms with Crippen LogP contribution in [-0.4, -0.2) is 30.9 Å². The van der Waals surface area contributed by atoms with Gasteiger partial charge in [0.15, 0.2) is 0 Å². The molecule has 3 nitrogen and oxygen atoms in total. The average molecular weight is 294 g/mol. The molecule has 0 unspecified atom stereocenters. The van der Waals surface area contributed by atoms with Crippen LogP contribution in [0.25, 0.3) is 0 Å². The van der Waals surface area contributed by atoms with Gasteiger partial charge in [-0.05, 0) is 31.4 Å². The van der Waals surface area contributed by atoms with Gasteiger partial charge in [0.25, 0.3) is 0 Å². The Hall–Kier alpha value is -2.29. The molecule has 2 aromatic rings. The van der Waals surface area contributed by atoms with Crippen molar-refractivity contribution in [2.24, 2.45) is 4.99 Å². The van der Waals surface area contributed by atoms with Gasteiger partial charge in [-0.1, -0.05) is 42.5 Å². The highest BCUT2D eigenvalue weighted by Crippen LogP contribution is 2.32. The summed E-state index contributed by atoms with van der Waals surface area (Å²) in [6.07, 6.45) is 2.47. The molecule has 114 valence electrons. The van der Waals surface area contributed by atoms with Crippen molar-refractivity contribution in [2.75, 3.05) is 20.2 Å². The van der Waals surface area contributed by atoms with E-state index >= 15 is 0 Å². The molecule has 0 aromatic heterocycles. The summed E-state index contributed by atoms with van der Waals surface area (Å²) in [5, 5.41) is 0. The van der Waals surface area contributed by atoms with E-state index in [1.165, 1.54) is 12.8 Å². The first-order valence-corrected chi connectivity index (χ1v) is 7.82. The second kappa shape index (κ2) is 6.65. The van der Waals surface area contributed by atoms with Gasteiger partial charge in [0, 0.05) is 18.7 Å².